The molecule has 1 aliphatic rings. The Balaban J connectivity index is 2.14. The summed E-state index contributed by atoms with van der Waals surface area (Å²) in [6, 6.07) is 0.600. The molecule has 0 bridgehead atoms. The second kappa shape index (κ2) is 7.12. The van der Waals surface area contributed by atoms with Crippen LogP contribution >= 0.6 is 11.8 Å². The molecule has 88 valence electrons. The van der Waals surface area contributed by atoms with E-state index in [1.165, 1.54) is 24.3 Å². The highest BCUT2D eigenvalue weighted by atomic mass is 32.2. The van der Waals surface area contributed by atoms with Gasteiger partial charge in [0.1, 0.15) is 0 Å². The van der Waals surface area contributed by atoms with E-state index < -0.39 is 0 Å². The Morgan fingerprint density at radius 1 is 1.53 bits per heavy atom. The van der Waals surface area contributed by atoms with Gasteiger partial charge in [-0.15, -0.1) is 0 Å². The third-order valence-electron chi connectivity index (χ3n) is 2.62. The second-order valence-corrected chi connectivity index (χ2v) is 5.17. The van der Waals surface area contributed by atoms with Crippen molar-refractivity contribution >= 4 is 17.7 Å². The van der Waals surface area contributed by atoms with Crippen molar-refractivity contribution in [3.05, 3.63) is 0 Å². The van der Waals surface area contributed by atoms with Crippen LogP contribution in [-0.4, -0.2) is 36.7 Å². The monoisotopic (exact) mass is 231 g/mol. The summed E-state index contributed by atoms with van der Waals surface area (Å²) < 4.78 is 4.96. The lowest BCUT2D eigenvalue weighted by Crippen LogP contribution is -2.37. The molecule has 0 amide bonds. The van der Waals surface area contributed by atoms with E-state index in [0.717, 1.165) is 6.54 Å². The highest BCUT2D eigenvalue weighted by Gasteiger charge is 2.17. The SMILES string of the molecule is CCOC(=O)C(C)CNC1CCSCC1. The van der Waals surface area contributed by atoms with E-state index in [2.05, 4.69) is 5.32 Å². The number of ether oxygens (including phenoxy) is 1. The van der Waals surface area contributed by atoms with E-state index in [0.29, 0.717) is 12.6 Å². The molecule has 15 heavy (non-hydrogen) atoms. The zero-order chi connectivity index (χ0) is 11.1. The van der Waals surface area contributed by atoms with Crippen molar-refractivity contribution in [3.8, 4) is 0 Å². The van der Waals surface area contributed by atoms with Crippen molar-refractivity contribution in [2.75, 3.05) is 24.7 Å². The minimum atomic E-state index is -0.0878. The van der Waals surface area contributed by atoms with Crippen molar-refractivity contribution in [3.63, 3.8) is 0 Å². The van der Waals surface area contributed by atoms with E-state index >= 15 is 0 Å². The van der Waals surface area contributed by atoms with Crippen molar-refractivity contribution in [2.24, 2.45) is 5.92 Å². The topological polar surface area (TPSA) is 38.3 Å². The van der Waals surface area contributed by atoms with Gasteiger partial charge >= 0.3 is 5.97 Å². The number of carbonyl (C=O) groups is 1. The maximum absolute atomic E-state index is 11.3. The number of nitrogens with one attached hydrogen (secondary N) is 1. The van der Waals surface area contributed by atoms with Crippen molar-refractivity contribution in [2.45, 2.75) is 32.7 Å². The number of carbonyl (C=O) groups excluding carboxylic acids is 1. The van der Waals surface area contributed by atoms with Crippen LogP contribution in [0.1, 0.15) is 26.7 Å². The molecule has 1 atom stereocenters. The molecular formula is C11H21NO2S. The molecule has 0 aliphatic carbocycles. The first kappa shape index (κ1) is 12.8. The van der Waals surface area contributed by atoms with E-state index in [4.69, 9.17) is 4.74 Å². The summed E-state index contributed by atoms with van der Waals surface area (Å²) in [4.78, 5) is 11.3. The molecule has 1 unspecified atom stereocenters. The highest BCUT2D eigenvalue weighted by Crippen LogP contribution is 2.17. The molecule has 1 N–H and O–H groups in total. The average Bonchev–Trinajstić information content (AvgIpc) is 2.27. The summed E-state index contributed by atoms with van der Waals surface area (Å²) >= 11 is 2.02. The van der Waals surface area contributed by atoms with Gasteiger partial charge in [-0.05, 0) is 31.3 Å². The molecule has 0 saturated carbocycles. The van der Waals surface area contributed by atoms with Crippen molar-refractivity contribution in [1.29, 1.82) is 0 Å². The lowest BCUT2D eigenvalue weighted by molar-refractivity contribution is -0.147. The fourth-order valence-electron chi connectivity index (χ4n) is 1.61. The fourth-order valence-corrected chi connectivity index (χ4v) is 2.72. The lowest BCUT2D eigenvalue weighted by Gasteiger charge is -2.23. The number of hydrogen-bond donors (Lipinski definition) is 1. The molecule has 1 fully saturated rings. The van der Waals surface area contributed by atoms with E-state index in [-0.39, 0.29) is 11.9 Å². The number of thioether (sulfide) groups is 1. The van der Waals surface area contributed by atoms with Gasteiger partial charge in [0, 0.05) is 12.6 Å². The lowest BCUT2D eigenvalue weighted by atomic mass is 10.1. The van der Waals surface area contributed by atoms with Crippen LogP contribution in [0.25, 0.3) is 0 Å². The van der Waals surface area contributed by atoms with Gasteiger partial charge in [0.25, 0.3) is 0 Å². The first-order valence-corrected chi connectivity index (χ1v) is 6.87. The van der Waals surface area contributed by atoms with Crippen molar-refractivity contribution < 1.29 is 9.53 Å². The van der Waals surface area contributed by atoms with Gasteiger partial charge in [0.05, 0.1) is 12.5 Å². The van der Waals surface area contributed by atoms with Crippen LogP contribution < -0.4 is 5.32 Å². The van der Waals surface area contributed by atoms with Crippen LogP contribution in [0, 0.1) is 5.92 Å². The summed E-state index contributed by atoms with van der Waals surface area (Å²) in [5, 5.41) is 3.45. The van der Waals surface area contributed by atoms with Crippen LogP contribution in [0.3, 0.4) is 0 Å². The van der Waals surface area contributed by atoms with Crippen LogP contribution in [0.5, 0.6) is 0 Å². The zero-order valence-corrected chi connectivity index (χ0v) is 10.4. The molecule has 0 aromatic carbocycles. The molecule has 0 aromatic heterocycles. The maximum Gasteiger partial charge on any atom is 0.309 e. The van der Waals surface area contributed by atoms with Crippen LogP contribution in [0.2, 0.25) is 0 Å². The largest absolute Gasteiger partial charge is 0.466 e. The van der Waals surface area contributed by atoms with Gasteiger partial charge in [0.2, 0.25) is 0 Å². The van der Waals surface area contributed by atoms with Gasteiger partial charge in [-0.2, -0.15) is 11.8 Å². The highest BCUT2D eigenvalue weighted by molar-refractivity contribution is 7.99. The van der Waals surface area contributed by atoms with Crippen molar-refractivity contribution in [1.82, 2.24) is 5.32 Å². The van der Waals surface area contributed by atoms with Gasteiger partial charge in [0.15, 0.2) is 0 Å². The van der Waals surface area contributed by atoms with Crippen LogP contribution in [0.15, 0.2) is 0 Å². The quantitative estimate of drug-likeness (QED) is 0.731. The number of hydrogen-bond acceptors (Lipinski definition) is 4. The minimum Gasteiger partial charge on any atom is -0.466 e. The van der Waals surface area contributed by atoms with E-state index in [9.17, 15) is 4.79 Å². The predicted octanol–water partition coefficient (Wildman–Crippen LogP) is 1.67. The van der Waals surface area contributed by atoms with Gasteiger partial charge in [-0.3, -0.25) is 4.79 Å². The van der Waals surface area contributed by atoms with Crippen LogP contribution in [-0.2, 0) is 9.53 Å². The molecule has 0 spiro atoms. The third kappa shape index (κ3) is 4.89. The second-order valence-electron chi connectivity index (χ2n) is 3.95. The Kier molecular flexibility index (Phi) is 6.10. The molecule has 0 aromatic rings. The van der Waals surface area contributed by atoms with Gasteiger partial charge in [-0.25, -0.2) is 0 Å². The standard InChI is InChI=1S/C11H21NO2S/c1-3-14-11(13)9(2)8-12-10-4-6-15-7-5-10/h9-10,12H,3-8H2,1-2H3. The zero-order valence-electron chi connectivity index (χ0n) is 9.62. The smallest absolute Gasteiger partial charge is 0.309 e. The number of esters is 1. The molecular weight excluding hydrogens is 210 g/mol. The molecule has 1 heterocycles. The molecule has 0 radical (unpaired) electrons. The Bertz CT molecular complexity index is 193. The number of rotatable bonds is 5. The molecule has 1 rings (SSSR count). The Morgan fingerprint density at radius 3 is 2.80 bits per heavy atom. The summed E-state index contributed by atoms with van der Waals surface area (Å²) in [6.45, 7) is 4.98. The minimum absolute atomic E-state index is 0.0282. The Hall–Kier alpha value is -0.220. The van der Waals surface area contributed by atoms with E-state index in [1.54, 1.807) is 0 Å². The van der Waals surface area contributed by atoms with Crippen LogP contribution in [0.4, 0.5) is 0 Å². The molecule has 4 heteroatoms. The third-order valence-corrected chi connectivity index (χ3v) is 3.67. The fraction of sp³-hybridized carbons (Fsp3) is 0.909. The summed E-state index contributed by atoms with van der Waals surface area (Å²) in [5.74, 6) is 2.37. The summed E-state index contributed by atoms with van der Waals surface area (Å²) in [7, 11) is 0. The molecule has 3 nitrogen and oxygen atoms in total. The molecule has 1 saturated heterocycles. The van der Waals surface area contributed by atoms with Gasteiger partial charge in [-0.1, -0.05) is 6.92 Å². The first-order chi connectivity index (χ1) is 7.24. The average molecular weight is 231 g/mol. The Labute approximate surface area is 96.3 Å². The summed E-state index contributed by atoms with van der Waals surface area (Å²) in [6.07, 6.45) is 2.44. The maximum atomic E-state index is 11.3. The predicted molar refractivity (Wildman–Crippen MR) is 64.1 cm³/mol. The summed E-state index contributed by atoms with van der Waals surface area (Å²) in [5.41, 5.74) is 0. The Morgan fingerprint density at radius 2 is 2.20 bits per heavy atom. The normalized spacial score (nSPS) is 19.9. The molecule has 1 aliphatic heterocycles. The van der Waals surface area contributed by atoms with Gasteiger partial charge < -0.3 is 10.1 Å². The van der Waals surface area contributed by atoms with E-state index in [1.807, 2.05) is 25.6 Å². The first-order valence-electron chi connectivity index (χ1n) is 5.71.